The molecule has 1 aromatic heterocycles. The van der Waals surface area contributed by atoms with E-state index in [2.05, 4.69) is 35.3 Å². The summed E-state index contributed by atoms with van der Waals surface area (Å²) in [6.45, 7) is 0. The Morgan fingerprint density at radius 2 is 1.93 bits per heavy atom. The van der Waals surface area contributed by atoms with Crippen molar-refractivity contribution >= 4 is 33.8 Å². The van der Waals surface area contributed by atoms with Gasteiger partial charge in [0.05, 0.1) is 18.4 Å². The summed E-state index contributed by atoms with van der Waals surface area (Å²) >= 11 is 1.42. The van der Waals surface area contributed by atoms with E-state index in [-0.39, 0.29) is 5.75 Å². The number of allylic oxidation sites excluding steroid dienone is 1. The number of rotatable bonds is 4. The van der Waals surface area contributed by atoms with Crippen LogP contribution in [0, 0.1) is 11.3 Å². The van der Waals surface area contributed by atoms with Gasteiger partial charge < -0.3 is 9.84 Å². The van der Waals surface area contributed by atoms with E-state index >= 15 is 0 Å². The number of fused-ring (bicyclic) bond motifs is 1. The van der Waals surface area contributed by atoms with Crippen molar-refractivity contribution in [3.8, 4) is 28.8 Å². The summed E-state index contributed by atoms with van der Waals surface area (Å²) in [5.74, 6) is 0.424. The Morgan fingerprint density at radius 1 is 1.11 bits per heavy atom. The molecule has 3 aromatic carbocycles. The number of methoxy groups -OCH3 is 1. The molecule has 0 atom stereocenters. The maximum Gasteiger partial charge on any atom is 0.160 e. The van der Waals surface area contributed by atoms with E-state index in [0.29, 0.717) is 21.9 Å². The predicted octanol–water partition coefficient (Wildman–Crippen LogP) is 5.74. The van der Waals surface area contributed by atoms with Gasteiger partial charge >= 0.3 is 0 Å². The van der Waals surface area contributed by atoms with Crippen LogP contribution >= 0.6 is 11.3 Å². The summed E-state index contributed by atoms with van der Waals surface area (Å²) in [5.41, 5.74) is 3.00. The molecular weight excluding hydrogens is 368 g/mol. The van der Waals surface area contributed by atoms with Crippen molar-refractivity contribution in [2.24, 2.45) is 0 Å². The molecule has 0 saturated heterocycles. The van der Waals surface area contributed by atoms with Crippen molar-refractivity contribution in [1.82, 2.24) is 4.98 Å². The number of aromatic nitrogens is 1. The van der Waals surface area contributed by atoms with Gasteiger partial charge in [0.2, 0.25) is 0 Å². The van der Waals surface area contributed by atoms with Gasteiger partial charge in [0.1, 0.15) is 11.1 Å². The first-order chi connectivity index (χ1) is 13.7. The molecule has 28 heavy (non-hydrogen) atoms. The van der Waals surface area contributed by atoms with Gasteiger partial charge in [-0.05, 0) is 40.6 Å². The van der Waals surface area contributed by atoms with Crippen LogP contribution in [0.2, 0.25) is 0 Å². The van der Waals surface area contributed by atoms with Gasteiger partial charge in [0.25, 0.3) is 0 Å². The number of ether oxygens (including phenoxy) is 1. The Kier molecular flexibility index (Phi) is 4.79. The second kappa shape index (κ2) is 7.55. The number of benzene rings is 3. The number of phenolic OH excluding ortho intramolecular Hbond substituents is 1. The van der Waals surface area contributed by atoms with E-state index in [9.17, 15) is 10.4 Å². The van der Waals surface area contributed by atoms with E-state index in [4.69, 9.17) is 4.74 Å². The third kappa shape index (κ3) is 3.46. The zero-order chi connectivity index (χ0) is 19.5. The zero-order valence-corrected chi connectivity index (χ0v) is 15.9. The van der Waals surface area contributed by atoms with Gasteiger partial charge in [-0.15, -0.1) is 11.3 Å². The predicted molar refractivity (Wildman–Crippen MR) is 113 cm³/mol. The lowest BCUT2D eigenvalue weighted by atomic mass is 10.1. The molecule has 0 unspecified atom stereocenters. The standard InChI is InChI=1S/C23H16N2O2S/c1-27-22-9-6-15(11-21(22)26)10-19(13-24)23-25-20(14-28-23)18-8-7-16-4-2-3-5-17(16)12-18/h2-12,14,26H,1H3/b19-10+. The first-order valence-electron chi connectivity index (χ1n) is 8.62. The maximum atomic E-state index is 9.94. The number of nitriles is 1. The summed E-state index contributed by atoms with van der Waals surface area (Å²) < 4.78 is 5.05. The van der Waals surface area contributed by atoms with Gasteiger partial charge in [-0.1, -0.05) is 42.5 Å². The van der Waals surface area contributed by atoms with Crippen molar-refractivity contribution in [3.63, 3.8) is 0 Å². The number of hydrogen-bond donors (Lipinski definition) is 1. The van der Waals surface area contributed by atoms with Crippen LogP contribution in [0.25, 0.3) is 33.7 Å². The monoisotopic (exact) mass is 384 g/mol. The highest BCUT2D eigenvalue weighted by molar-refractivity contribution is 7.11. The molecule has 4 aromatic rings. The summed E-state index contributed by atoms with van der Waals surface area (Å²) in [6.07, 6.45) is 1.71. The van der Waals surface area contributed by atoms with Crippen LogP contribution in [0.5, 0.6) is 11.5 Å². The van der Waals surface area contributed by atoms with Crippen molar-refractivity contribution in [1.29, 1.82) is 5.26 Å². The Labute approximate surface area is 166 Å². The van der Waals surface area contributed by atoms with E-state index in [1.807, 2.05) is 23.6 Å². The van der Waals surface area contributed by atoms with Gasteiger partial charge in [-0.3, -0.25) is 0 Å². The van der Waals surface area contributed by atoms with Crippen LogP contribution in [0.15, 0.2) is 66.0 Å². The topological polar surface area (TPSA) is 66.1 Å². The highest BCUT2D eigenvalue weighted by Crippen LogP contribution is 2.31. The van der Waals surface area contributed by atoms with Gasteiger partial charge in [0.15, 0.2) is 11.5 Å². The Bertz CT molecular complexity index is 1230. The first kappa shape index (κ1) is 17.8. The average molecular weight is 384 g/mol. The van der Waals surface area contributed by atoms with E-state index in [1.54, 1.807) is 24.3 Å². The number of nitrogens with zero attached hydrogens (tertiary/aromatic N) is 2. The molecule has 136 valence electrons. The quantitative estimate of drug-likeness (QED) is 0.456. The minimum absolute atomic E-state index is 0.0320. The van der Waals surface area contributed by atoms with Crippen molar-refractivity contribution in [2.75, 3.05) is 7.11 Å². The fourth-order valence-electron chi connectivity index (χ4n) is 2.98. The number of hydrogen-bond acceptors (Lipinski definition) is 5. The molecule has 5 heteroatoms. The molecule has 0 aliphatic heterocycles. The third-order valence-electron chi connectivity index (χ3n) is 4.41. The largest absolute Gasteiger partial charge is 0.504 e. The van der Waals surface area contributed by atoms with Crippen LogP contribution in [-0.4, -0.2) is 17.2 Å². The van der Waals surface area contributed by atoms with E-state index in [0.717, 1.165) is 16.6 Å². The number of aromatic hydroxyl groups is 1. The lowest BCUT2D eigenvalue weighted by Crippen LogP contribution is -1.85. The number of thiazole rings is 1. The molecule has 0 bridgehead atoms. The second-order valence-corrected chi connectivity index (χ2v) is 7.06. The Morgan fingerprint density at radius 3 is 2.68 bits per heavy atom. The van der Waals surface area contributed by atoms with Crippen LogP contribution in [0.4, 0.5) is 0 Å². The molecule has 0 saturated carbocycles. The van der Waals surface area contributed by atoms with E-state index in [1.165, 1.54) is 23.8 Å². The van der Waals surface area contributed by atoms with Crippen molar-refractivity contribution < 1.29 is 9.84 Å². The highest BCUT2D eigenvalue weighted by Gasteiger charge is 2.10. The fraction of sp³-hybridized carbons (Fsp3) is 0.0435. The molecule has 4 rings (SSSR count). The van der Waals surface area contributed by atoms with Crippen molar-refractivity contribution in [2.45, 2.75) is 0 Å². The van der Waals surface area contributed by atoms with Gasteiger partial charge in [-0.25, -0.2) is 4.98 Å². The molecule has 0 aliphatic carbocycles. The van der Waals surface area contributed by atoms with Gasteiger partial charge in [-0.2, -0.15) is 5.26 Å². The lowest BCUT2D eigenvalue weighted by molar-refractivity contribution is 0.373. The number of phenols is 1. The molecule has 0 aliphatic rings. The van der Waals surface area contributed by atoms with Gasteiger partial charge in [0, 0.05) is 10.9 Å². The summed E-state index contributed by atoms with van der Waals surface area (Å²) in [6, 6.07) is 21.6. The Hall–Kier alpha value is -3.62. The van der Waals surface area contributed by atoms with Crippen LogP contribution in [0.3, 0.4) is 0 Å². The summed E-state index contributed by atoms with van der Waals surface area (Å²) in [4.78, 5) is 4.65. The van der Waals surface area contributed by atoms with Crippen molar-refractivity contribution in [3.05, 3.63) is 76.6 Å². The van der Waals surface area contributed by atoms with Crippen LogP contribution in [-0.2, 0) is 0 Å². The zero-order valence-electron chi connectivity index (χ0n) is 15.1. The lowest BCUT2D eigenvalue weighted by Gasteiger charge is -2.03. The molecule has 4 nitrogen and oxygen atoms in total. The van der Waals surface area contributed by atoms with Crippen LogP contribution < -0.4 is 4.74 Å². The molecule has 1 heterocycles. The Balaban J connectivity index is 1.68. The maximum absolute atomic E-state index is 9.94. The minimum Gasteiger partial charge on any atom is -0.504 e. The third-order valence-corrected chi connectivity index (χ3v) is 5.29. The van der Waals surface area contributed by atoms with Crippen LogP contribution in [0.1, 0.15) is 10.6 Å². The second-order valence-electron chi connectivity index (χ2n) is 6.20. The highest BCUT2D eigenvalue weighted by atomic mass is 32.1. The molecule has 1 N–H and O–H groups in total. The first-order valence-corrected chi connectivity index (χ1v) is 9.50. The molecule has 0 amide bonds. The summed E-state index contributed by atoms with van der Waals surface area (Å²) in [5, 5.41) is 24.5. The molecule has 0 radical (unpaired) electrons. The molecular formula is C23H16N2O2S. The summed E-state index contributed by atoms with van der Waals surface area (Å²) in [7, 11) is 1.50. The minimum atomic E-state index is 0.0320. The molecule has 0 fully saturated rings. The smallest absolute Gasteiger partial charge is 0.160 e. The fourth-order valence-corrected chi connectivity index (χ4v) is 3.78. The SMILES string of the molecule is COc1ccc(/C=C(\C#N)c2nc(-c3ccc4ccccc4c3)cs2)cc1O. The molecule has 0 spiro atoms. The van der Waals surface area contributed by atoms with E-state index < -0.39 is 0 Å². The normalized spacial score (nSPS) is 11.4. The average Bonchev–Trinajstić information content (AvgIpc) is 3.22.